The van der Waals surface area contributed by atoms with E-state index < -0.39 is 4.92 Å². The van der Waals surface area contributed by atoms with E-state index in [1.807, 2.05) is 6.92 Å². The normalized spacial score (nSPS) is 19.1. The van der Waals surface area contributed by atoms with Gasteiger partial charge in [0.15, 0.2) is 0 Å². The molecule has 0 amide bonds. The Hall–Kier alpha value is -1.92. The fourth-order valence-corrected chi connectivity index (χ4v) is 2.99. The van der Waals surface area contributed by atoms with Gasteiger partial charge in [0.25, 0.3) is 0 Å². The lowest BCUT2D eigenvalue weighted by atomic mass is 10.0. The summed E-state index contributed by atoms with van der Waals surface area (Å²) >= 11 is 0. The van der Waals surface area contributed by atoms with Gasteiger partial charge in [0.2, 0.25) is 11.8 Å². The number of rotatable bonds is 7. The minimum absolute atomic E-state index is 0.0109. The van der Waals surface area contributed by atoms with Crippen molar-refractivity contribution in [2.24, 2.45) is 11.3 Å². The molecule has 0 bridgehead atoms. The third-order valence-corrected chi connectivity index (χ3v) is 4.52. The first-order chi connectivity index (χ1) is 10.1. The second kappa shape index (κ2) is 5.13. The lowest BCUT2D eigenvalue weighted by Gasteiger charge is -2.16. The van der Waals surface area contributed by atoms with E-state index in [-0.39, 0.29) is 5.69 Å². The molecule has 0 aromatic carbocycles. The standard InChI is InChI=1S/C14H21N5O2/c1-3-15-13-17-9(2)11(19(20)21)12(18-13)16-8-14(6-7-14)10-4-5-10/h10H,3-8H2,1-2H3,(H2,15,16,17,18). The minimum Gasteiger partial charge on any atom is -0.364 e. The lowest BCUT2D eigenvalue weighted by molar-refractivity contribution is -0.385. The van der Waals surface area contributed by atoms with E-state index in [1.54, 1.807) is 6.92 Å². The van der Waals surface area contributed by atoms with Crippen molar-refractivity contribution >= 4 is 17.5 Å². The first-order valence-corrected chi connectivity index (χ1v) is 7.56. The molecule has 1 aromatic heterocycles. The van der Waals surface area contributed by atoms with Crippen LogP contribution in [0.25, 0.3) is 0 Å². The second-order valence-electron chi connectivity index (χ2n) is 6.11. The van der Waals surface area contributed by atoms with Crippen molar-refractivity contribution in [2.75, 3.05) is 23.7 Å². The number of hydrogen-bond donors (Lipinski definition) is 2. The van der Waals surface area contributed by atoms with Crippen molar-refractivity contribution in [3.05, 3.63) is 15.8 Å². The van der Waals surface area contributed by atoms with Crippen LogP contribution in [-0.2, 0) is 0 Å². The molecule has 0 aliphatic heterocycles. The molecule has 7 nitrogen and oxygen atoms in total. The summed E-state index contributed by atoms with van der Waals surface area (Å²) < 4.78 is 0. The molecule has 2 aliphatic rings. The van der Waals surface area contributed by atoms with E-state index in [4.69, 9.17) is 0 Å². The van der Waals surface area contributed by atoms with Crippen LogP contribution in [0.15, 0.2) is 0 Å². The zero-order chi connectivity index (χ0) is 15.0. The maximum absolute atomic E-state index is 11.3. The van der Waals surface area contributed by atoms with Gasteiger partial charge in [-0.1, -0.05) is 0 Å². The molecule has 2 saturated carbocycles. The number of aryl methyl sites for hydroxylation is 1. The van der Waals surface area contributed by atoms with E-state index in [9.17, 15) is 10.1 Å². The number of nitrogens with one attached hydrogen (secondary N) is 2. The Bertz CT molecular complexity index is 567. The van der Waals surface area contributed by atoms with Crippen LogP contribution in [0.4, 0.5) is 17.5 Å². The number of nitrogens with zero attached hydrogens (tertiary/aromatic N) is 3. The van der Waals surface area contributed by atoms with Crippen molar-refractivity contribution in [2.45, 2.75) is 39.5 Å². The van der Waals surface area contributed by atoms with Crippen LogP contribution in [0, 0.1) is 28.4 Å². The van der Waals surface area contributed by atoms with E-state index in [0.29, 0.717) is 29.4 Å². The van der Waals surface area contributed by atoms with Crippen molar-refractivity contribution in [3.8, 4) is 0 Å². The highest BCUT2D eigenvalue weighted by atomic mass is 16.6. The summed E-state index contributed by atoms with van der Waals surface area (Å²) in [4.78, 5) is 19.3. The van der Waals surface area contributed by atoms with Crippen molar-refractivity contribution in [1.29, 1.82) is 0 Å². The molecular weight excluding hydrogens is 270 g/mol. The van der Waals surface area contributed by atoms with Gasteiger partial charge < -0.3 is 10.6 Å². The van der Waals surface area contributed by atoms with Crippen molar-refractivity contribution in [3.63, 3.8) is 0 Å². The molecule has 2 fully saturated rings. The van der Waals surface area contributed by atoms with Gasteiger partial charge in [-0.25, -0.2) is 4.98 Å². The quantitative estimate of drug-likeness (QED) is 0.592. The molecule has 0 saturated heterocycles. The van der Waals surface area contributed by atoms with E-state index >= 15 is 0 Å². The molecule has 0 spiro atoms. The first-order valence-electron chi connectivity index (χ1n) is 7.56. The molecule has 114 valence electrons. The van der Waals surface area contributed by atoms with Crippen molar-refractivity contribution in [1.82, 2.24) is 9.97 Å². The van der Waals surface area contributed by atoms with E-state index in [0.717, 1.165) is 12.5 Å². The van der Waals surface area contributed by atoms with Gasteiger partial charge in [-0.15, -0.1) is 0 Å². The summed E-state index contributed by atoms with van der Waals surface area (Å²) in [5.74, 6) is 1.59. The summed E-state index contributed by atoms with van der Waals surface area (Å²) in [5.41, 5.74) is 0.749. The molecule has 2 N–H and O–H groups in total. The fourth-order valence-electron chi connectivity index (χ4n) is 2.99. The molecule has 2 aliphatic carbocycles. The summed E-state index contributed by atoms with van der Waals surface area (Å²) in [5, 5.41) is 17.5. The summed E-state index contributed by atoms with van der Waals surface area (Å²) in [6, 6.07) is 0. The van der Waals surface area contributed by atoms with E-state index in [2.05, 4.69) is 20.6 Å². The number of hydrogen-bond acceptors (Lipinski definition) is 6. The molecule has 1 aromatic rings. The lowest BCUT2D eigenvalue weighted by Crippen LogP contribution is -2.19. The topological polar surface area (TPSA) is 93.0 Å². The van der Waals surface area contributed by atoms with E-state index in [1.165, 1.54) is 25.7 Å². The van der Waals surface area contributed by atoms with Gasteiger partial charge in [0.05, 0.1) is 4.92 Å². The zero-order valence-corrected chi connectivity index (χ0v) is 12.5. The Kier molecular flexibility index (Phi) is 3.43. The maximum Gasteiger partial charge on any atom is 0.332 e. The number of aromatic nitrogens is 2. The third-order valence-electron chi connectivity index (χ3n) is 4.52. The SMILES string of the molecule is CCNc1nc(C)c([N+](=O)[O-])c(NCC2(C3CC3)CC2)n1. The van der Waals surface area contributed by atoms with Crippen LogP contribution in [0.1, 0.15) is 38.3 Å². The molecule has 0 radical (unpaired) electrons. The van der Waals surface area contributed by atoms with Gasteiger partial charge in [0.1, 0.15) is 5.69 Å². The highest BCUT2D eigenvalue weighted by Gasteiger charge is 2.53. The molecular formula is C14H21N5O2. The van der Waals surface area contributed by atoms with Crippen LogP contribution in [0.3, 0.4) is 0 Å². The Morgan fingerprint density at radius 1 is 1.33 bits per heavy atom. The zero-order valence-electron chi connectivity index (χ0n) is 12.5. The largest absolute Gasteiger partial charge is 0.364 e. The van der Waals surface area contributed by atoms with Crippen LogP contribution in [0.2, 0.25) is 0 Å². The minimum atomic E-state index is -0.399. The van der Waals surface area contributed by atoms with Gasteiger partial charge >= 0.3 is 5.69 Å². The highest BCUT2D eigenvalue weighted by molar-refractivity contribution is 5.61. The predicted octanol–water partition coefficient (Wildman–Crippen LogP) is 2.73. The molecule has 0 unspecified atom stereocenters. The Balaban J connectivity index is 1.82. The molecule has 0 atom stereocenters. The highest BCUT2D eigenvalue weighted by Crippen LogP contribution is 2.61. The average Bonchev–Trinajstić information content (AvgIpc) is 3.27. The van der Waals surface area contributed by atoms with Gasteiger partial charge in [-0.05, 0) is 50.9 Å². The molecule has 21 heavy (non-hydrogen) atoms. The summed E-state index contributed by atoms with van der Waals surface area (Å²) in [6.07, 6.45) is 5.05. The Labute approximate surface area is 123 Å². The monoisotopic (exact) mass is 291 g/mol. The first kappa shape index (κ1) is 14.0. The van der Waals surface area contributed by atoms with Gasteiger partial charge in [0, 0.05) is 13.1 Å². The Morgan fingerprint density at radius 3 is 2.57 bits per heavy atom. The van der Waals surface area contributed by atoms with Crippen LogP contribution >= 0.6 is 0 Å². The summed E-state index contributed by atoms with van der Waals surface area (Å²) in [7, 11) is 0. The molecule has 1 heterocycles. The smallest absolute Gasteiger partial charge is 0.332 e. The maximum atomic E-state index is 11.3. The molecule has 3 rings (SSSR count). The van der Waals surface area contributed by atoms with Gasteiger partial charge in [-0.3, -0.25) is 10.1 Å². The van der Waals surface area contributed by atoms with Crippen LogP contribution < -0.4 is 10.6 Å². The average molecular weight is 291 g/mol. The third kappa shape index (κ3) is 2.77. The van der Waals surface area contributed by atoms with Crippen LogP contribution in [0.5, 0.6) is 0 Å². The predicted molar refractivity (Wildman–Crippen MR) is 80.5 cm³/mol. The van der Waals surface area contributed by atoms with Gasteiger partial charge in [-0.2, -0.15) is 4.98 Å². The Morgan fingerprint density at radius 2 is 2.05 bits per heavy atom. The second-order valence-corrected chi connectivity index (χ2v) is 6.11. The number of nitro groups is 1. The summed E-state index contributed by atoms with van der Waals surface area (Å²) in [6.45, 7) is 5.06. The molecule has 7 heteroatoms. The van der Waals surface area contributed by atoms with Crippen LogP contribution in [-0.4, -0.2) is 28.0 Å². The fraction of sp³-hybridized carbons (Fsp3) is 0.714. The number of anilines is 2. The van der Waals surface area contributed by atoms with Crippen molar-refractivity contribution < 1.29 is 4.92 Å².